The van der Waals surface area contributed by atoms with E-state index in [0.717, 1.165) is 6.20 Å². The van der Waals surface area contributed by atoms with E-state index in [4.69, 9.17) is 34.8 Å². The van der Waals surface area contributed by atoms with Crippen LogP contribution in [0.25, 0.3) is 0 Å². The van der Waals surface area contributed by atoms with Gasteiger partial charge in [-0.2, -0.15) is 13.5 Å². The highest BCUT2D eigenvalue weighted by atomic mass is 35.5. The van der Waals surface area contributed by atoms with Gasteiger partial charge in [-0.25, -0.2) is 0 Å². The maximum atomic E-state index is 12.2. The van der Waals surface area contributed by atoms with Crippen molar-refractivity contribution < 1.29 is 8.42 Å². The van der Waals surface area contributed by atoms with Crippen LogP contribution in [0.4, 0.5) is 0 Å². The largest absolute Gasteiger partial charge is 0.301 e. The maximum absolute atomic E-state index is 12.2. The van der Waals surface area contributed by atoms with E-state index in [1.165, 1.54) is 24.3 Å². The number of hydrogen-bond acceptors (Lipinski definition) is 4. The van der Waals surface area contributed by atoms with Gasteiger partial charge < -0.3 is 0 Å². The summed E-state index contributed by atoms with van der Waals surface area (Å²) in [4.78, 5) is 11.6. The molecule has 0 amide bonds. The summed E-state index contributed by atoms with van der Waals surface area (Å²) in [7, 11) is -4.13. The molecule has 0 N–H and O–H groups in total. The summed E-state index contributed by atoms with van der Waals surface area (Å²) in [6.45, 7) is 0. The number of hydrogen-bond donors (Lipinski definition) is 0. The Balaban J connectivity index is 2.67. The third-order valence-corrected chi connectivity index (χ3v) is 4.77. The van der Waals surface area contributed by atoms with Gasteiger partial charge in [-0.05, 0) is 24.3 Å². The van der Waals surface area contributed by atoms with Gasteiger partial charge in [0, 0.05) is 5.02 Å². The first kappa shape index (κ1) is 14.3. The molecule has 2 rings (SSSR count). The molecule has 9 heteroatoms. The van der Waals surface area contributed by atoms with Crippen molar-refractivity contribution >= 4 is 44.8 Å². The molecule has 0 saturated carbocycles. The van der Waals surface area contributed by atoms with Gasteiger partial charge in [-0.1, -0.05) is 34.8 Å². The van der Waals surface area contributed by atoms with Crippen LogP contribution in [0, 0.1) is 0 Å². The summed E-state index contributed by atoms with van der Waals surface area (Å²) in [6, 6.07) is 5.29. The molecule has 0 atom stereocenters. The quantitative estimate of drug-likeness (QED) is 0.842. The lowest BCUT2D eigenvalue weighted by molar-refractivity contribution is 0.575. The fraction of sp³-hybridized carbons (Fsp3) is 0. The van der Waals surface area contributed by atoms with Crippen molar-refractivity contribution in [3.05, 3.63) is 55.9 Å². The van der Waals surface area contributed by atoms with Crippen LogP contribution in [0.2, 0.25) is 15.1 Å². The van der Waals surface area contributed by atoms with Crippen LogP contribution >= 0.6 is 34.8 Å². The summed E-state index contributed by atoms with van der Waals surface area (Å²) in [5.74, 6) is 0. The normalized spacial score (nSPS) is 11.5. The third kappa shape index (κ3) is 2.62. The molecule has 1 aromatic heterocycles. The molecular weight excluding hydrogens is 335 g/mol. The zero-order chi connectivity index (χ0) is 14.2. The first-order valence-corrected chi connectivity index (χ1v) is 7.36. The Kier molecular flexibility index (Phi) is 3.87. The average molecular weight is 340 g/mol. The highest BCUT2D eigenvalue weighted by molar-refractivity contribution is 7.89. The predicted molar refractivity (Wildman–Crippen MR) is 72.6 cm³/mol. The van der Waals surface area contributed by atoms with E-state index in [9.17, 15) is 13.2 Å². The second-order valence-electron chi connectivity index (χ2n) is 3.41. The smallest absolute Gasteiger partial charge is 0.265 e. The zero-order valence-corrected chi connectivity index (χ0v) is 12.1. The van der Waals surface area contributed by atoms with Crippen molar-refractivity contribution in [3.8, 4) is 0 Å². The molecule has 0 bridgehead atoms. The van der Waals surface area contributed by atoms with E-state index in [0.29, 0.717) is 5.02 Å². The van der Waals surface area contributed by atoms with Gasteiger partial charge in [0.2, 0.25) is 0 Å². The van der Waals surface area contributed by atoms with Crippen molar-refractivity contribution in [2.24, 2.45) is 0 Å². The predicted octanol–water partition coefficient (Wildman–Crippen LogP) is 2.44. The molecule has 1 aromatic carbocycles. The standard InChI is InChI=1S/C10H5Cl3N2O3S/c11-6-1-3-7(4-2-6)19(17,18)15-10(16)9(13)8(12)5-14-15/h1-5H. The van der Waals surface area contributed by atoms with Gasteiger partial charge in [0.1, 0.15) is 5.02 Å². The second kappa shape index (κ2) is 5.13. The van der Waals surface area contributed by atoms with Crippen LogP contribution < -0.4 is 5.56 Å². The molecule has 19 heavy (non-hydrogen) atoms. The average Bonchev–Trinajstić information content (AvgIpc) is 2.36. The maximum Gasteiger partial charge on any atom is 0.301 e. The van der Waals surface area contributed by atoms with E-state index in [1.807, 2.05) is 0 Å². The Morgan fingerprint density at radius 3 is 2.21 bits per heavy atom. The molecule has 0 aliphatic carbocycles. The SMILES string of the molecule is O=c1c(Cl)c(Cl)cnn1S(=O)(=O)c1ccc(Cl)cc1. The Bertz CT molecular complexity index is 785. The number of halogens is 3. The van der Waals surface area contributed by atoms with Crippen LogP contribution in [-0.4, -0.2) is 17.6 Å². The molecule has 0 saturated heterocycles. The highest BCUT2D eigenvalue weighted by Gasteiger charge is 2.21. The highest BCUT2D eigenvalue weighted by Crippen LogP contribution is 2.18. The molecule has 2 aromatic rings. The van der Waals surface area contributed by atoms with E-state index in [2.05, 4.69) is 5.10 Å². The van der Waals surface area contributed by atoms with Gasteiger partial charge in [0.25, 0.3) is 10.0 Å². The number of aromatic nitrogens is 2. The minimum absolute atomic E-state index is 0.116. The van der Waals surface area contributed by atoms with Gasteiger partial charge in [0.05, 0.1) is 16.1 Å². The molecule has 1 heterocycles. The Hall–Kier alpha value is -1.08. The fourth-order valence-corrected chi connectivity index (χ4v) is 2.87. The Morgan fingerprint density at radius 1 is 1.05 bits per heavy atom. The molecule has 5 nitrogen and oxygen atoms in total. The van der Waals surface area contributed by atoms with E-state index in [1.54, 1.807) is 0 Å². The van der Waals surface area contributed by atoms with Crippen LogP contribution in [0.5, 0.6) is 0 Å². The van der Waals surface area contributed by atoms with Crippen molar-refractivity contribution in [2.45, 2.75) is 4.90 Å². The number of rotatable bonds is 2. The lowest BCUT2D eigenvalue weighted by atomic mass is 10.4. The molecule has 0 aliphatic heterocycles. The van der Waals surface area contributed by atoms with Gasteiger partial charge >= 0.3 is 5.56 Å². The first-order valence-electron chi connectivity index (χ1n) is 4.78. The molecule has 0 spiro atoms. The lowest BCUT2D eigenvalue weighted by Gasteiger charge is -2.06. The monoisotopic (exact) mass is 338 g/mol. The van der Waals surface area contributed by atoms with Crippen LogP contribution in [0.3, 0.4) is 0 Å². The molecular formula is C10H5Cl3N2O3S. The second-order valence-corrected chi connectivity index (χ2v) is 6.40. The van der Waals surface area contributed by atoms with Crippen LogP contribution in [-0.2, 0) is 10.0 Å². The summed E-state index contributed by atoms with van der Waals surface area (Å²) in [5.41, 5.74) is -1.01. The molecule has 0 aliphatic rings. The van der Waals surface area contributed by atoms with Gasteiger partial charge in [-0.3, -0.25) is 4.79 Å². The Morgan fingerprint density at radius 2 is 1.63 bits per heavy atom. The number of benzene rings is 1. The topological polar surface area (TPSA) is 69.0 Å². The third-order valence-electron chi connectivity index (χ3n) is 2.19. The van der Waals surface area contributed by atoms with E-state index >= 15 is 0 Å². The zero-order valence-electron chi connectivity index (χ0n) is 9.05. The summed E-state index contributed by atoms with van der Waals surface area (Å²) in [5, 5.41) is 3.32. The van der Waals surface area contributed by atoms with Gasteiger partial charge in [0.15, 0.2) is 0 Å². The first-order chi connectivity index (χ1) is 8.84. The van der Waals surface area contributed by atoms with Crippen molar-refractivity contribution in [2.75, 3.05) is 0 Å². The van der Waals surface area contributed by atoms with Crippen LogP contribution in [0.15, 0.2) is 40.2 Å². The summed E-state index contributed by atoms with van der Waals surface area (Å²) < 4.78 is 24.7. The van der Waals surface area contributed by atoms with Crippen molar-refractivity contribution in [1.29, 1.82) is 0 Å². The summed E-state index contributed by atoms with van der Waals surface area (Å²) >= 11 is 16.9. The fourth-order valence-electron chi connectivity index (χ4n) is 1.28. The van der Waals surface area contributed by atoms with Gasteiger partial charge in [-0.15, -0.1) is 4.09 Å². The number of nitrogens with zero attached hydrogens (tertiary/aromatic N) is 2. The van der Waals surface area contributed by atoms with Crippen molar-refractivity contribution in [3.63, 3.8) is 0 Å². The summed E-state index contributed by atoms with van der Waals surface area (Å²) in [6.07, 6.45) is 0.985. The molecule has 100 valence electrons. The lowest BCUT2D eigenvalue weighted by Crippen LogP contribution is -2.30. The molecule has 0 unspecified atom stereocenters. The minimum Gasteiger partial charge on any atom is -0.265 e. The Labute approximate surface area is 123 Å². The van der Waals surface area contributed by atoms with Crippen LogP contribution in [0.1, 0.15) is 0 Å². The van der Waals surface area contributed by atoms with E-state index in [-0.39, 0.29) is 14.0 Å². The molecule has 0 radical (unpaired) electrons. The van der Waals surface area contributed by atoms with E-state index < -0.39 is 20.6 Å². The minimum atomic E-state index is -4.13. The molecule has 0 fully saturated rings. The van der Waals surface area contributed by atoms with Crippen molar-refractivity contribution in [1.82, 2.24) is 9.19 Å².